The van der Waals surface area contributed by atoms with Gasteiger partial charge in [-0.25, -0.2) is 4.98 Å². The Labute approximate surface area is 124 Å². The van der Waals surface area contributed by atoms with Crippen molar-refractivity contribution in [2.45, 2.75) is 13.5 Å². The highest BCUT2D eigenvalue weighted by molar-refractivity contribution is 9.10. The van der Waals surface area contributed by atoms with Crippen molar-refractivity contribution in [3.05, 3.63) is 57.0 Å². The number of anilines is 1. The van der Waals surface area contributed by atoms with Crippen LogP contribution in [0, 0.1) is 6.92 Å². The van der Waals surface area contributed by atoms with Crippen LogP contribution in [0.1, 0.15) is 10.6 Å². The standard InChI is InChI=1S/C15H13BrN2S/c1-10-15(19-9-18-10)8-17-14-5-3-11-6-13(16)4-2-12(11)7-14/h2-7,9,17H,8H2,1H3. The topological polar surface area (TPSA) is 24.9 Å². The van der Waals surface area contributed by atoms with E-state index in [0.29, 0.717) is 0 Å². The summed E-state index contributed by atoms with van der Waals surface area (Å²) in [5, 5.41) is 5.94. The first-order chi connectivity index (χ1) is 9.22. The second-order valence-corrected chi connectivity index (χ2v) is 6.28. The van der Waals surface area contributed by atoms with E-state index in [4.69, 9.17) is 0 Å². The van der Waals surface area contributed by atoms with Crippen LogP contribution >= 0.6 is 27.3 Å². The summed E-state index contributed by atoms with van der Waals surface area (Å²) in [6, 6.07) is 12.8. The van der Waals surface area contributed by atoms with Crippen molar-refractivity contribution in [3.63, 3.8) is 0 Å². The van der Waals surface area contributed by atoms with Crippen LogP contribution in [0.4, 0.5) is 5.69 Å². The number of halogens is 1. The molecule has 0 aliphatic carbocycles. The number of rotatable bonds is 3. The zero-order valence-electron chi connectivity index (χ0n) is 10.5. The van der Waals surface area contributed by atoms with Crippen LogP contribution in [-0.4, -0.2) is 4.98 Å². The van der Waals surface area contributed by atoms with Crippen molar-refractivity contribution < 1.29 is 0 Å². The zero-order chi connectivity index (χ0) is 13.2. The highest BCUT2D eigenvalue weighted by Crippen LogP contribution is 2.23. The van der Waals surface area contributed by atoms with Gasteiger partial charge in [0.25, 0.3) is 0 Å². The lowest BCUT2D eigenvalue weighted by atomic mass is 10.1. The molecule has 1 heterocycles. The van der Waals surface area contributed by atoms with Gasteiger partial charge in [-0.05, 0) is 42.0 Å². The van der Waals surface area contributed by atoms with Gasteiger partial charge in [0, 0.05) is 15.0 Å². The summed E-state index contributed by atoms with van der Waals surface area (Å²) in [5.41, 5.74) is 4.15. The number of fused-ring (bicyclic) bond motifs is 1. The first-order valence-corrected chi connectivity index (χ1v) is 7.72. The normalized spacial score (nSPS) is 10.8. The Morgan fingerprint density at radius 2 is 1.95 bits per heavy atom. The van der Waals surface area contributed by atoms with Gasteiger partial charge < -0.3 is 5.32 Å². The molecule has 19 heavy (non-hydrogen) atoms. The van der Waals surface area contributed by atoms with Gasteiger partial charge in [0.15, 0.2) is 0 Å². The maximum atomic E-state index is 4.26. The molecule has 96 valence electrons. The predicted octanol–water partition coefficient (Wildman–Crippen LogP) is 4.98. The molecular formula is C15H13BrN2S. The molecule has 2 aromatic carbocycles. The van der Waals surface area contributed by atoms with Gasteiger partial charge in [-0.1, -0.05) is 28.1 Å². The van der Waals surface area contributed by atoms with Gasteiger partial charge in [-0.2, -0.15) is 0 Å². The SMILES string of the molecule is Cc1ncsc1CNc1ccc2cc(Br)ccc2c1. The van der Waals surface area contributed by atoms with Gasteiger partial charge in [0.1, 0.15) is 0 Å². The molecule has 0 aliphatic heterocycles. The van der Waals surface area contributed by atoms with Crippen LogP contribution in [0.15, 0.2) is 46.4 Å². The summed E-state index contributed by atoms with van der Waals surface area (Å²) >= 11 is 5.19. The first-order valence-electron chi connectivity index (χ1n) is 6.04. The van der Waals surface area contributed by atoms with Crippen LogP contribution in [0.25, 0.3) is 10.8 Å². The van der Waals surface area contributed by atoms with Crippen LogP contribution in [0.2, 0.25) is 0 Å². The smallest absolute Gasteiger partial charge is 0.0798 e. The molecule has 0 unspecified atom stereocenters. The molecule has 0 saturated carbocycles. The lowest BCUT2D eigenvalue weighted by Crippen LogP contribution is -1.98. The molecule has 0 aliphatic rings. The quantitative estimate of drug-likeness (QED) is 0.731. The van der Waals surface area contributed by atoms with E-state index in [-0.39, 0.29) is 0 Å². The average molecular weight is 333 g/mol. The molecule has 0 spiro atoms. The lowest BCUT2D eigenvalue weighted by molar-refractivity contribution is 1.12. The van der Waals surface area contributed by atoms with E-state index in [9.17, 15) is 0 Å². The second-order valence-electron chi connectivity index (χ2n) is 4.42. The number of aryl methyl sites for hydroxylation is 1. The van der Waals surface area contributed by atoms with Crippen LogP contribution < -0.4 is 5.32 Å². The molecule has 3 rings (SSSR count). The lowest BCUT2D eigenvalue weighted by Gasteiger charge is -2.07. The Balaban J connectivity index is 1.82. The van der Waals surface area contributed by atoms with Gasteiger partial charge in [0.05, 0.1) is 17.7 Å². The van der Waals surface area contributed by atoms with E-state index in [1.807, 2.05) is 12.4 Å². The number of hydrogen-bond donors (Lipinski definition) is 1. The fourth-order valence-electron chi connectivity index (χ4n) is 2.00. The minimum atomic E-state index is 0.832. The number of nitrogens with zero attached hydrogens (tertiary/aromatic N) is 1. The van der Waals surface area contributed by atoms with Gasteiger partial charge in [0.2, 0.25) is 0 Å². The predicted molar refractivity (Wildman–Crippen MR) is 85.8 cm³/mol. The first kappa shape index (κ1) is 12.6. The molecule has 0 amide bonds. The number of aromatic nitrogens is 1. The average Bonchev–Trinajstić information content (AvgIpc) is 2.82. The van der Waals surface area contributed by atoms with Gasteiger partial charge in [-0.3, -0.25) is 0 Å². The molecule has 2 nitrogen and oxygen atoms in total. The fourth-order valence-corrected chi connectivity index (χ4v) is 3.10. The van der Waals surface area contributed by atoms with Gasteiger partial charge in [-0.15, -0.1) is 11.3 Å². The molecule has 0 bridgehead atoms. The van der Waals surface area contributed by atoms with Crippen LogP contribution in [0.3, 0.4) is 0 Å². The summed E-state index contributed by atoms with van der Waals surface area (Å²) in [6.07, 6.45) is 0. The number of hydrogen-bond acceptors (Lipinski definition) is 3. The van der Waals surface area contributed by atoms with E-state index in [2.05, 4.69) is 62.6 Å². The van der Waals surface area contributed by atoms with Crippen LogP contribution in [-0.2, 0) is 6.54 Å². The van der Waals surface area contributed by atoms with E-state index >= 15 is 0 Å². The van der Waals surface area contributed by atoms with Crippen LogP contribution in [0.5, 0.6) is 0 Å². The highest BCUT2D eigenvalue weighted by Gasteiger charge is 2.02. The molecule has 0 saturated heterocycles. The van der Waals surface area contributed by atoms with Crippen molar-refractivity contribution in [2.75, 3.05) is 5.32 Å². The summed E-state index contributed by atoms with van der Waals surface area (Å²) < 4.78 is 1.11. The minimum absolute atomic E-state index is 0.832. The van der Waals surface area contributed by atoms with E-state index in [1.165, 1.54) is 15.6 Å². The Hall–Kier alpha value is -1.39. The monoisotopic (exact) mass is 332 g/mol. The molecule has 1 N–H and O–H groups in total. The Morgan fingerprint density at radius 1 is 1.16 bits per heavy atom. The molecule has 0 atom stereocenters. The van der Waals surface area contributed by atoms with E-state index < -0.39 is 0 Å². The van der Waals surface area contributed by atoms with Gasteiger partial charge >= 0.3 is 0 Å². The zero-order valence-corrected chi connectivity index (χ0v) is 12.9. The fraction of sp³-hybridized carbons (Fsp3) is 0.133. The number of nitrogens with one attached hydrogen (secondary N) is 1. The molecule has 4 heteroatoms. The van der Waals surface area contributed by atoms with Crippen molar-refractivity contribution >= 4 is 43.7 Å². The number of benzene rings is 2. The highest BCUT2D eigenvalue weighted by atomic mass is 79.9. The van der Waals surface area contributed by atoms with E-state index in [0.717, 1.165) is 22.4 Å². The molecule has 1 aromatic heterocycles. The molecule has 0 radical (unpaired) electrons. The third-order valence-electron chi connectivity index (χ3n) is 3.10. The Bertz CT molecular complexity index is 721. The number of thiazole rings is 1. The molecule has 3 aromatic rings. The largest absolute Gasteiger partial charge is 0.380 e. The third kappa shape index (κ3) is 2.80. The summed E-state index contributed by atoms with van der Waals surface area (Å²) in [7, 11) is 0. The van der Waals surface area contributed by atoms with Crippen molar-refractivity contribution in [1.29, 1.82) is 0 Å². The summed E-state index contributed by atoms with van der Waals surface area (Å²) in [5.74, 6) is 0. The summed E-state index contributed by atoms with van der Waals surface area (Å²) in [6.45, 7) is 2.88. The van der Waals surface area contributed by atoms with Crippen molar-refractivity contribution in [2.24, 2.45) is 0 Å². The minimum Gasteiger partial charge on any atom is -0.380 e. The van der Waals surface area contributed by atoms with Crippen molar-refractivity contribution in [3.8, 4) is 0 Å². The second kappa shape index (κ2) is 5.31. The Morgan fingerprint density at radius 3 is 2.74 bits per heavy atom. The maximum Gasteiger partial charge on any atom is 0.0798 e. The third-order valence-corrected chi connectivity index (χ3v) is 4.53. The summed E-state index contributed by atoms with van der Waals surface area (Å²) in [4.78, 5) is 5.55. The van der Waals surface area contributed by atoms with E-state index in [1.54, 1.807) is 11.3 Å². The maximum absolute atomic E-state index is 4.26. The molecular weight excluding hydrogens is 320 g/mol. The van der Waals surface area contributed by atoms with Crippen molar-refractivity contribution in [1.82, 2.24) is 4.98 Å². The Kier molecular flexibility index (Phi) is 3.53. The molecule has 0 fully saturated rings.